The van der Waals surface area contributed by atoms with Crippen LogP contribution in [-0.2, 0) is 9.53 Å². The molecule has 1 rings (SSSR count). The van der Waals surface area contributed by atoms with Crippen molar-refractivity contribution in [2.45, 2.75) is 136 Å². The number of hydrogen-bond donors (Lipinski definition) is 0. The van der Waals surface area contributed by atoms with Crippen molar-refractivity contribution < 1.29 is 9.53 Å². The van der Waals surface area contributed by atoms with E-state index in [-0.39, 0.29) is 23.2 Å². The van der Waals surface area contributed by atoms with Gasteiger partial charge >= 0.3 is 5.97 Å². The number of hydrogen-bond acceptors (Lipinski definition) is 3. The predicted octanol–water partition coefficient (Wildman–Crippen LogP) is 7.05. The van der Waals surface area contributed by atoms with Crippen molar-refractivity contribution in [2.24, 2.45) is 0 Å². The molecule has 0 radical (unpaired) electrons. The molecule has 1 saturated heterocycles. The van der Waals surface area contributed by atoms with Crippen molar-refractivity contribution in [3.63, 3.8) is 0 Å². The lowest BCUT2D eigenvalue weighted by Crippen LogP contribution is -2.62. The van der Waals surface area contributed by atoms with E-state index in [2.05, 4.69) is 46.1 Å². The van der Waals surface area contributed by atoms with Crippen molar-refractivity contribution >= 4 is 5.97 Å². The Labute approximate surface area is 175 Å². The monoisotopic (exact) mass is 393 g/mol. The van der Waals surface area contributed by atoms with Crippen LogP contribution in [0.25, 0.3) is 0 Å². The van der Waals surface area contributed by atoms with Gasteiger partial charge in [0.2, 0.25) is 0 Å². The highest BCUT2D eigenvalue weighted by molar-refractivity contribution is 5.87. The third kappa shape index (κ3) is 8.68. The molecule has 0 aromatic rings. The van der Waals surface area contributed by atoms with Crippen LogP contribution in [0.4, 0.5) is 0 Å². The summed E-state index contributed by atoms with van der Waals surface area (Å²) in [5.74, 6) is -0.250. The number of carbonyl (C=O) groups is 1. The average molecular weight is 394 g/mol. The number of carbonyl (C=O) groups excluding carboxylic acids is 1. The Balaban J connectivity index is 2.35. The molecule has 0 spiro atoms. The molecular weight excluding hydrogens is 346 g/mol. The van der Waals surface area contributed by atoms with E-state index in [9.17, 15) is 4.79 Å². The summed E-state index contributed by atoms with van der Waals surface area (Å²) in [5.41, 5.74) is 0.575. The topological polar surface area (TPSA) is 29.5 Å². The van der Waals surface area contributed by atoms with Crippen LogP contribution in [0, 0.1) is 0 Å². The fourth-order valence-corrected chi connectivity index (χ4v) is 4.92. The van der Waals surface area contributed by atoms with E-state index >= 15 is 0 Å². The number of ether oxygens (including phenoxy) is 1. The zero-order valence-electron chi connectivity index (χ0n) is 19.7. The zero-order valence-corrected chi connectivity index (χ0v) is 19.7. The first kappa shape index (κ1) is 25.2. The summed E-state index contributed by atoms with van der Waals surface area (Å²) in [5, 5.41) is 0. The minimum atomic E-state index is -0.250. The summed E-state index contributed by atoms with van der Waals surface area (Å²) >= 11 is 0. The van der Waals surface area contributed by atoms with Crippen LogP contribution in [0.1, 0.15) is 119 Å². The molecule has 1 heterocycles. The molecule has 0 aromatic carbocycles. The average Bonchev–Trinajstić information content (AvgIpc) is 2.57. The molecule has 28 heavy (non-hydrogen) atoms. The lowest BCUT2D eigenvalue weighted by atomic mass is 9.78. The molecule has 0 N–H and O–H groups in total. The van der Waals surface area contributed by atoms with Gasteiger partial charge in [-0.15, -0.1) is 0 Å². The van der Waals surface area contributed by atoms with E-state index in [1.54, 1.807) is 6.92 Å². The summed E-state index contributed by atoms with van der Waals surface area (Å²) < 4.78 is 5.71. The molecule has 0 unspecified atom stereocenters. The number of unbranched alkanes of at least 4 members (excludes halogenated alkanes) is 9. The molecule has 0 aromatic heterocycles. The minimum absolute atomic E-state index is 0.0156. The largest absolute Gasteiger partial charge is 0.459 e. The number of rotatable bonds is 13. The summed E-state index contributed by atoms with van der Waals surface area (Å²) in [6, 6.07) is 0. The van der Waals surface area contributed by atoms with Crippen LogP contribution >= 0.6 is 0 Å². The van der Waals surface area contributed by atoms with Gasteiger partial charge in [0.25, 0.3) is 0 Å². The van der Waals surface area contributed by atoms with Crippen molar-refractivity contribution in [2.75, 3.05) is 6.54 Å². The van der Waals surface area contributed by atoms with Crippen LogP contribution in [0.2, 0.25) is 0 Å². The summed E-state index contributed by atoms with van der Waals surface area (Å²) in [4.78, 5) is 14.6. The number of esters is 1. The zero-order chi connectivity index (χ0) is 21.2. The Hall–Kier alpha value is -0.830. The third-order valence-corrected chi connectivity index (χ3v) is 6.27. The summed E-state index contributed by atoms with van der Waals surface area (Å²) in [7, 11) is 0. The van der Waals surface area contributed by atoms with E-state index in [1.165, 1.54) is 64.2 Å². The third-order valence-electron chi connectivity index (χ3n) is 6.27. The molecule has 0 amide bonds. The number of nitrogens with zero attached hydrogens (tertiary/aromatic N) is 1. The van der Waals surface area contributed by atoms with Gasteiger partial charge in [0.05, 0.1) is 0 Å². The second kappa shape index (κ2) is 12.0. The highest BCUT2D eigenvalue weighted by Crippen LogP contribution is 2.40. The second-order valence-corrected chi connectivity index (χ2v) is 10.2. The Morgan fingerprint density at radius 1 is 0.893 bits per heavy atom. The normalized spacial score (nSPS) is 19.5. The van der Waals surface area contributed by atoms with Gasteiger partial charge in [-0.1, -0.05) is 71.3 Å². The Morgan fingerprint density at radius 2 is 1.32 bits per heavy atom. The van der Waals surface area contributed by atoms with Crippen LogP contribution in [0.5, 0.6) is 0 Å². The van der Waals surface area contributed by atoms with Gasteiger partial charge in [-0.3, -0.25) is 4.90 Å². The molecule has 0 aliphatic carbocycles. The van der Waals surface area contributed by atoms with E-state index < -0.39 is 0 Å². The van der Waals surface area contributed by atoms with Crippen LogP contribution in [-0.4, -0.2) is 34.6 Å². The second-order valence-electron chi connectivity index (χ2n) is 10.2. The van der Waals surface area contributed by atoms with Crippen LogP contribution < -0.4 is 0 Å². The molecule has 0 bridgehead atoms. The van der Waals surface area contributed by atoms with Gasteiger partial charge in [-0.2, -0.15) is 0 Å². The molecule has 0 saturated carbocycles. The Bertz CT molecular complexity index is 463. The number of likely N-dealkylation sites (tertiary alicyclic amines) is 1. The van der Waals surface area contributed by atoms with E-state index in [0.717, 1.165) is 19.4 Å². The van der Waals surface area contributed by atoms with Crippen LogP contribution in [0.3, 0.4) is 0 Å². The lowest BCUT2D eigenvalue weighted by Gasteiger charge is -2.55. The lowest BCUT2D eigenvalue weighted by molar-refractivity contribution is -0.155. The maximum Gasteiger partial charge on any atom is 0.333 e. The van der Waals surface area contributed by atoms with E-state index in [0.29, 0.717) is 5.57 Å². The highest BCUT2D eigenvalue weighted by atomic mass is 16.5. The van der Waals surface area contributed by atoms with E-state index in [1.807, 2.05) is 0 Å². The van der Waals surface area contributed by atoms with Crippen LogP contribution in [0.15, 0.2) is 12.2 Å². The quantitative estimate of drug-likeness (QED) is 0.191. The van der Waals surface area contributed by atoms with Gasteiger partial charge in [0.15, 0.2) is 0 Å². The predicted molar refractivity (Wildman–Crippen MR) is 121 cm³/mol. The highest BCUT2D eigenvalue weighted by Gasteiger charge is 2.46. The van der Waals surface area contributed by atoms with Crippen molar-refractivity contribution in [1.82, 2.24) is 4.90 Å². The number of piperidine rings is 1. The molecule has 1 aliphatic heterocycles. The molecule has 3 heteroatoms. The minimum Gasteiger partial charge on any atom is -0.459 e. The summed E-state index contributed by atoms with van der Waals surface area (Å²) in [6.45, 7) is 18.0. The van der Waals surface area contributed by atoms with Gasteiger partial charge in [0, 0.05) is 29.5 Å². The van der Waals surface area contributed by atoms with Gasteiger partial charge in [0.1, 0.15) is 6.10 Å². The summed E-state index contributed by atoms with van der Waals surface area (Å²) in [6.07, 6.45) is 15.5. The first-order valence-corrected chi connectivity index (χ1v) is 11.7. The Morgan fingerprint density at radius 3 is 1.75 bits per heavy atom. The molecule has 164 valence electrons. The molecule has 1 aliphatic rings. The SMILES string of the molecule is C=C(C)C(=O)OC1CC(C)(C)N(CCCCCCCCCCCC)C(C)(C)C1. The fraction of sp³-hybridized carbons (Fsp3) is 0.880. The first-order valence-electron chi connectivity index (χ1n) is 11.7. The molecule has 3 nitrogen and oxygen atoms in total. The fourth-order valence-electron chi connectivity index (χ4n) is 4.92. The standard InChI is InChI=1S/C25H47NO2/c1-8-9-10-11-12-13-14-15-16-17-18-26-24(4,5)19-22(20-25(26,6)7)28-23(27)21(2)3/h22H,2,8-20H2,1,3-7H3. The van der Waals surface area contributed by atoms with E-state index in [4.69, 9.17) is 4.74 Å². The van der Waals surface area contributed by atoms with Crippen molar-refractivity contribution in [3.05, 3.63) is 12.2 Å². The smallest absolute Gasteiger partial charge is 0.333 e. The van der Waals surface area contributed by atoms with Crippen molar-refractivity contribution in [1.29, 1.82) is 0 Å². The van der Waals surface area contributed by atoms with Crippen molar-refractivity contribution in [3.8, 4) is 0 Å². The maximum absolute atomic E-state index is 12.0. The maximum atomic E-state index is 12.0. The molecular formula is C25H47NO2. The first-order chi connectivity index (χ1) is 13.1. The Kier molecular flexibility index (Phi) is 10.8. The van der Waals surface area contributed by atoms with Gasteiger partial charge in [-0.25, -0.2) is 4.79 Å². The molecule has 1 fully saturated rings. The molecule has 0 atom stereocenters. The van der Waals surface area contributed by atoms with Gasteiger partial charge < -0.3 is 4.74 Å². The van der Waals surface area contributed by atoms with Gasteiger partial charge in [-0.05, 0) is 47.6 Å².